The van der Waals surface area contributed by atoms with Crippen LogP contribution >= 0.6 is 0 Å². The van der Waals surface area contributed by atoms with Gasteiger partial charge in [0, 0.05) is 43.9 Å². The molecule has 0 radical (unpaired) electrons. The summed E-state index contributed by atoms with van der Waals surface area (Å²) < 4.78 is 19.3. The summed E-state index contributed by atoms with van der Waals surface area (Å²) in [4.78, 5) is 45.8. The van der Waals surface area contributed by atoms with Gasteiger partial charge < -0.3 is 24.4 Å². The molecule has 1 aromatic heterocycles. The largest absolute Gasteiger partial charge is 0.459 e. The van der Waals surface area contributed by atoms with Crippen molar-refractivity contribution in [2.45, 2.75) is 32.7 Å². The Kier molecular flexibility index (Phi) is 6.89. The van der Waals surface area contributed by atoms with Gasteiger partial charge in [-0.3, -0.25) is 14.4 Å². The maximum atomic E-state index is 14.0. The number of furan rings is 1. The summed E-state index contributed by atoms with van der Waals surface area (Å²) in [7, 11) is 0. The van der Waals surface area contributed by atoms with Crippen molar-refractivity contribution in [2.75, 3.05) is 42.9 Å². The number of hydrogen-bond acceptors (Lipinski definition) is 6. The van der Waals surface area contributed by atoms with Crippen molar-refractivity contribution in [1.29, 1.82) is 0 Å². The van der Waals surface area contributed by atoms with Crippen molar-refractivity contribution in [3.05, 3.63) is 95.3 Å². The van der Waals surface area contributed by atoms with Crippen molar-refractivity contribution in [2.24, 2.45) is 5.41 Å². The molecule has 0 saturated carbocycles. The molecule has 3 aromatic rings. The number of para-hydroxylation sites is 2. The van der Waals surface area contributed by atoms with Gasteiger partial charge in [0.25, 0.3) is 5.91 Å². The molecule has 2 amide bonds. The highest BCUT2D eigenvalue weighted by atomic mass is 19.1. The Labute approximate surface area is 238 Å². The van der Waals surface area contributed by atoms with Gasteiger partial charge in [-0.2, -0.15) is 0 Å². The number of amides is 2. The highest BCUT2D eigenvalue weighted by molar-refractivity contribution is 6.02. The molecule has 212 valence electrons. The second-order valence-corrected chi connectivity index (χ2v) is 11.7. The standard InChI is InChI=1S/C32H33FN4O4/c1-32(2)18-24-29(26(38)19-32)30(21-9-11-22(33)12-10-21)37(25-7-4-3-6-23(25)34-24)20-28(39)35-13-15-36(16-14-35)31(40)27-8-5-17-41-27/h3-12,17,30,34H,13-16,18-20H2,1-2H3. The quantitative estimate of drug-likeness (QED) is 0.486. The van der Waals surface area contributed by atoms with Gasteiger partial charge in [-0.15, -0.1) is 0 Å². The van der Waals surface area contributed by atoms with Gasteiger partial charge >= 0.3 is 0 Å². The molecule has 1 N–H and O–H groups in total. The first-order valence-electron chi connectivity index (χ1n) is 14.0. The third-order valence-electron chi connectivity index (χ3n) is 8.15. The average Bonchev–Trinajstić information content (AvgIpc) is 3.45. The van der Waals surface area contributed by atoms with Crippen LogP contribution in [-0.4, -0.2) is 60.1 Å². The van der Waals surface area contributed by atoms with E-state index in [4.69, 9.17) is 4.42 Å². The Morgan fingerprint density at radius 3 is 2.37 bits per heavy atom. The summed E-state index contributed by atoms with van der Waals surface area (Å²) in [6.07, 6.45) is 2.53. The van der Waals surface area contributed by atoms with Gasteiger partial charge in [0.05, 0.1) is 30.2 Å². The van der Waals surface area contributed by atoms with Crippen LogP contribution in [0.1, 0.15) is 48.8 Å². The molecule has 1 atom stereocenters. The zero-order valence-electron chi connectivity index (χ0n) is 23.2. The van der Waals surface area contributed by atoms with Crippen LogP contribution in [0.4, 0.5) is 15.8 Å². The lowest BCUT2D eigenvalue weighted by atomic mass is 9.73. The Bertz CT molecular complexity index is 1500. The smallest absolute Gasteiger partial charge is 0.289 e. The van der Waals surface area contributed by atoms with E-state index >= 15 is 0 Å². The monoisotopic (exact) mass is 556 g/mol. The minimum absolute atomic E-state index is 0.0142. The van der Waals surface area contributed by atoms with Crippen LogP contribution in [0.15, 0.2) is 82.6 Å². The maximum absolute atomic E-state index is 14.0. The molecule has 1 fully saturated rings. The molecule has 2 aliphatic heterocycles. The number of carbonyl (C=O) groups is 3. The van der Waals surface area contributed by atoms with E-state index in [0.29, 0.717) is 44.6 Å². The first kappa shape index (κ1) is 26.8. The summed E-state index contributed by atoms with van der Waals surface area (Å²) in [5, 5.41) is 3.54. The van der Waals surface area contributed by atoms with Gasteiger partial charge in [0.2, 0.25) is 5.91 Å². The SMILES string of the molecule is CC1(C)CC(=O)C2=C(C1)Nc1ccccc1N(CC(=O)N1CCN(C(=O)c3ccco3)CC1)C2c1ccc(F)cc1. The van der Waals surface area contributed by atoms with E-state index in [1.807, 2.05) is 29.2 Å². The fraction of sp³-hybridized carbons (Fsp3) is 0.344. The fourth-order valence-corrected chi connectivity index (χ4v) is 6.18. The van der Waals surface area contributed by atoms with Gasteiger partial charge in [0.15, 0.2) is 11.5 Å². The topological polar surface area (TPSA) is 86.1 Å². The zero-order chi connectivity index (χ0) is 28.7. The van der Waals surface area contributed by atoms with E-state index < -0.39 is 6.04 Å². The van der Waals surface area contributed by atoms with E-state index in [0.717, 1.165) is 22.6 Å². The maximum Gasteiger partial charge on any atom is 0.289 e. The molecule has 6 rings (SSSR count). The third-order valence-corrected chi connectivity index (χ3v) is 8.15. The highest BCUT2D eigenvalue weighted by Crippen LogP contribution is 2.48. The first-order chi connectivity index (χ1) is 19.7. The lowest BCUT2D eigenvalue weighted by molar-refractivity contribution is -0.131. The van der Waals surface area contributed by atoms with Gasteiger partial charge in [-0.05, 0) is 53.8 Å². The van der Waals surface area contributed by atoms with Crippen LogP contribution in [0.25, 0.3) is 0 Å². The van der Waals surface area contributed by atoms with E-state index in [2.05, 4.69) is 19.2 Å². The van der Waals surface area contributed by atoms with Gasteiger partial charge in [-0.25, -0.2) is 4.39 Å². The molecule has 1 aliphatic carbocycles. The van der Waals surface area contributed by atoms with Crippen molar-refractivity contribution in [3.63, 3.8) is 0 Å². The highest BCUT2D eigenvalue weighted by Gasteiger charge is 2.42. The third kappa shape index (κ3) is 5.24. The normalized spacial score (nSPS) is 20.2. The lowest BCUT2D eigenvalue weighted by Crippen LogP contribution is -2.53. The zero-order valence-corrected chi connectivity index (χ0v) is 23.2. The van der Waals surface area contributed by atoms with Crippen molar-refractivity contribution >= 4 is 29.0 Å². The molecule has 9 heteroatoms. The number of ketones is 1. The molecule has 0 spiro atoms. The molecular weight excluding hydrogens is 523 g/mol. The molecule has 1 saturated heterocycles. The fourth-order valence-electron chi connectivity index (χ4n) is 6.18. The van der Waals surface area contributed by atoms with E-state index in [9.17, 15) is 18.8 Å². The van der Waals surface area contributed by atoms with Crippen LogP contribution in [-0.2, 0) is 9.59 Å². The number of rotatable bonds is 4. The summed E-state index contributed by atoms with van der Waals surface area (Å²) in [6.45, 7) is 5.75. The number of piperazine rings is 1. The summed E-state index contributed by atoms with van der Waals surface area (Å²) in [6, 6.07) is 16.7. The molecule has 1 unspecified atom stereocenters. The number of nitrogens with zero attached hydrogens (tertiary/aromatic N) is 3. The number of fused-ring (bicyclic) bond motifs is 1. The lowest BCUT2D eigenvalue weighted by Gasteiger charge is -2.39. The summed E-state index contributed by atoms with van der Waals surface area (Å²) in [5.74, 6) is -0.358. The second kappa shape index (κ2) is 10.5. The first-order valence-corrected chi connectivity index (χ1v) is 14.0. The summed E-state index contributed by atoms with van der Waals surface area (Å²) >= 11 is 0. The number of halogens is 1. The number of allylic oxidation sites excluding steroid dienone is 1. The minimum Gasteiger partial charge on any atom is -0.459 e. The number of hydrogen-bond donors (Lipinski definition) is 1. The Hall–Kier alpha value is -4.40. The number of anilines is 2. The number of nitrogens with one attached hydrogen (secondary N) is 1. The van der Waals surface area contributed by atoms with Gasteiger partial charge in [0.1, 0.15) is 5.82 Å². The molecule has 3 heterocycles. The second-order valence-electron chi connectivity index (χ2n) is 11.7. The van der Waals surface area contributed by atoms with Crippen LogP contribution in [0.2, 0.25) is 0 Å². The predicted octanol–water partition coefficient (Wildman–Crippen LogP) is 5.02. The van der Waals surface area contributed by atoms with Crippen LogP contribution in [0.3, 0.4) is 0 Å². The molecule has 3 aliphatic rings. The molecular formula is C32H33FN4O4. The predicted molar refractivity (Wildman–Crippen MR) is 153 cm³/mol. The van der Waals surface area contributed by atoms with Crippen molar-refractivity contribution in [1.82, 2.24) is 9.80 Å². The minimum atomic E-state index is -0.573. The number of benzene rings is 2. The number of Topliss-reactive ketones (excluding diaryl/α,β-unsaturated/α-hetero) is 1. The van der Waals surface area contributed by atoms with Crippen molar-refractivity contribution in [3.8, 4) is 0 Å². The molecule has 0 bridgehead atoms. The molecule has 2 aromatic carbocycles. The van der Waals surface area contributed by atoms with E-state index in [1.54, 1.807) is 34.1 Å². The molecule has 8 nitrogen and oxygen atoms in total. The van der Waals surface area contributed by atoms with E-state index in [1.165, 1.54) is 18.4 Å². The van der Waals surface area contributed by atoms with Crippen LogP contribution < -0.4 is 10.2 Å². The Morgan fingerprint density at radius 1 is 0.951 bits per heavy atom. The Balaban J connectivity index is 1.33. The molecule has 41 heavy (non-hydrogen) atoms. The van der Waals surface area contributed by atoms with Crippen LogP contribution in [0, 0.1) is 11.2 Å². The number of carbonyl (C=O) groups excluding carboxylic acids is 3. The average molecular weight is 557 g/mol. The summed E-state index contributed by atoms with van der Waals surface area (Å²) in [5.41, 5.74) is 3.59. The van der Waals surface area contributed by atoms with E-state index in [-0.39, 0.29) is 41.1 Å². The Morgan fingerprint density at radius 2 is 1.66 bits per heavy atom. The van der Waals surface area contributed by atoms with Gasteiger partial charge in [-0.1, -0.05) is 38.1 Å². The van der Waals surface area contributed by atoms with Crippen LogP contribution in [0.5, 0.6) is 0 Å². The van der Waals surface area contributed by atoms with Crippen molar-refractivity contribution < 1.29 is 23.2 Å².